The predicted octanol–water partition coefficient (Wildman–Crippen LogP) is 2.00. The Bertz CT molecular complexity index is 551. The van der Waals surface area contributed by atoms with Gasteiger partial charge in [-0.25, -0.2) is 0 Å². The molecular weight excluding hydrogens is 258 g/mol. The number of rotatable bonds is 3. The Hall–Kier alpha value is -1.77. The van der Waals surface area contributed by atoms with Crippen LogP contribution in [0.4, 0.5) is 0 Å². The third-order valence-electron chi connectivity index (χ3n) is 4.20. The molecule has 0 N–H and O–H groups in total. The van der Waals surface area contributed by atoms with Crippen LogP contribution in [0.1, 0.15) is 18.4 Å². The average molecular weight is 275 g/mol. The van der Waals surface area contributed by atoms with Gasteiger partial charge in [-0.2, -0.15) is 5.26 Å². The zero-order chi connectivity index (χ0) is 14.2. The van der Waals surface area contributed by atoms with Gasteiger partial charge in [0, 0.05) is 27.1 Å². The van der Waals surface area contributed by atoms with E-state index in [2.05, 4.69) is 6.07 Å². The molecule has 1 heterocycles. The van der Waals surface area contributed by atoms with Crippen LogP contribution in [0.5, 0.6) is 11.5 Å². The third kappa shape index (κ3) is 1.84. The van der Waals surface area contributed by atoms with E-state index in [1.165, 1.54) is 0 Å². The molecule has 1 aromatic carbocycles. The fourth-order valence-corrected chi connectivity index (χ4v) is 2.93. The highest BCUT2D eigenvalue weighted by Gasteiger charge is 2.57. The Morgan fingerprint density at radius 3 is 2.35 bits per heavy atom. The zero-order valence-corrected chi connectivity index (χ0v) is 11.6. The second-order valence-electron chi connectivity index (χ2n) is 5.22. The largest absolute Gasteiger partial charge is 0.486 e. The van der Waals surface area contributed by atoms with Crippen molar-refractivity contribution >= 4 is 0 Å². The Balaban J connectivity index is 1.90. The van der Waals surface area contributed by atoms with Crippen molar-refractivity contribution in [2.75, 3.05) is 27.4 Å². The molecule has 1 fully saturated rings. The van der Waals surface area contributed by atoms with E-state index in [1.54, 1.807) is 14.2 Å². The topological polar surface area (TPSA) is 60.7 Å². The van der Waals surface area contributed by atoms with Crippen LogP contribution in [0.25, 0.3) is 0 Å². The first-order valence-electron chi connectivity index (χ1n) is 6.59. The lowest BCUT2D eigenvalue weighted by atomic mass is 9.61. The van der Waals surface area contributed by atoms with E-state index in [0.29, 0.717) is 31.8 Å². The first kappa shape index (κ1) is 13.2. The average Bonchev–Trinajstić information content (AvgIpc) is 2.48. The third-order valence-corrected chi connectivity index (χ3v) is 4.20. The fraction of sp³-hybridized carbons (Fsp3) is 0.533. The molecule has 0 saturated heterocycles. The van der Waals surface area contributed by atoms with Crippen molar-refractivity contribution in [1.82, 2.24) is 0 Å². The minimum Gasteiger partial charge on any atom is -0.486 e. The van der Waals surface area contributed by atoms with Gasteiger partial charge < -0.3 is 18.9 Å². The van der Waals surface area contributed by atoms with Crippen LogP contribution in [0.2, 0.25) is 0 Å². The molecule has 1 aliphatic carbocycles. The normalized spacial score (nSPS) is 21.6. The van der Waals surface area contributed by atoms with E-state index in [9.17, 15) is 5.26 Å². The highest BCUT2D eigenvalue weighted by Crippen LogP contribution is 2.53. The number of nitrogens with zero attached hydrogens (tertiary/aromatic N) is 1. The molecule has 2 aliphatic rings. The summed E-state index contributed by atoms with van der Waals surface area (Å²) in [6.07, 6.45) is 1.03. The summed E-state index contributed by atoms with van der Waals surface area (Å²) < 4.78 is 21.9. The molecule has 5 heteroatoms. The number of hydrogen-bond donors (Lipinski definition) is 0. The summed E-state index contributed by atoms with van der Waals surface area (Å²) in [6, 6.07) is 8.09. The van der Waals surface area contributed by atoms with Gasteiger partial charge in [0.05, 0.1) is 11.5 Å². The molecule has 20 heavy (non-hydrogen) atoms. The molecule has 1 saturated carbocycles. The lowest BCUT2D eigenvalue weighted by Crippen LogP contribution is -2.56. The monoisotopic (exact) mass is 275 g/mol. The molecular formula is C15H17NO4. The molecule has 0 atom stereocenters. The molecule has 5 nitrogen and oxygen atoms in total. The molecule has 0 radical (unpaired) electrons. The SMILES string of the molecule is COC1(OC)CC(C#N)(c2ccc3c(c2)OCCO3)C1. The number of methoxy groups -OCH3 is 2. The Morgan fingerprint density at radius 2 is 1.75 bits per heavy atom. The van der Waals surface area contributed by atoms with Gasteiger partial charge in [-0.3, -0.25) is 0 Å². The van der Waals surface area contributed by atoms with Gasteiger partial charge in [-0.15, -0.1) is 0 Å². The number of benzene rings is 1. The Kier molecular flexibility index (Phi) is 3.08. The van der Waals surface area contributed by atoms with Gasteiger partial charge in [0.25, 0.3) is 0 Å². The molecule has 1 aromatic rings. The molecule has 0 aromatic heterocycles. The molecule has 1 aliphatic heterocycles. The minimum absolute atomic E-state index is 0.517. The minimum atomic E-state index is -0.650. The van der Waals surface area contributed by atoms with Crippen LogP contribution in [-0.4, -0.2) is 33.2 Å². The highest BCUT2D eigenvalue weighted by molar-refractivity contribution is 5.49. The molecule has 0 amide bonds. The summed E-state index contributed by atoms with van der Waals surface area (Å²) in [4.78, 5) is 0. The van der Waals surface area contributed by atoms with Crippen molar-refractivity contribution in [3.63, 3.8) is 0 Å². The van der Waals surface area contributed by atoms with Crippen LogP contribution < -0.4 is 9.47 Å². The summed E-state index contributed by atoms with van der Waals surface area (Å²) >= 11 is 0. The molecule has 3 rings (SSSR count). The number of ether oxygens (including phenoxy) is 4. The summed E-state index contributed by atoms with van der Waals surface area (Å²) in [5, 5.41) is 9.58. The first-order valence-corrected chi connectivity index (χ1v) is 6.59. The van der Waals surface area contributed by atoms with Crippen molar-refractivity contribution < 1.29 is 18.9 Å². The second kappa shape index (κ2) is 4.65. The van der Waals surface area contributed by atoms with Crippen molar-refractivity contribution in [3.05, 3.63) is 23.8 Å². The van der Waals surface area contributed by atoms with Gasteiger partial charge >= 0.3 is 0 Å². The first-order chi connectivity index (χ1) is 9.67. The quantitative estimate of drug-likeness (QED) is 0.790. The number of fused-ring (bicyclic) bond motifs is 1. The highest BCUT2D eigenvalue weighted by atomic mass is 16.7. The maximum absolute atomic E-state index is 9.58. The van der Waals surface area contributed by atoms with Gasteiger partial charge in [0.1, 0.15) is 13.2 Å². The van der Waals surface area contributed by atoms with Crippen LogP contribution in [0.15, 0.2) is 18.2 Å². The maximum Gasteiger partial charge on any atom is 0.171 e. The van der Waals surface area contributed by atoms with Crippen molar-refractivity contribution in [3.8, 4) is 17.6 Å². The second-order valence-corrected chi connectivity index (χ2v) is 5.22. The van der Waals surface area contributed by atoms with E-state index >= 15 is 0 Å². The molecule has 0 unspecified atom stereocenters. The van der Waals surface area contributed by atoms with Crippen LogP contribution in [-0.2, 0) is 14.9 Å². The van der Waals surface area contributed by atoms with Crippen LogP contribution in [0, 0.1) is 11.3 Å². The maximum atomic E-state index is 9.58. The summed E-state index contributed by atoms with van der Waals surface area (Å²) in [6.45, 7) is 1.10. The molecule has 106 valence electrons. The lowest BCUT2D eigenvalue weighted by Gasteiger charge is -2.50. The van der Waals surface area contributed by atoms with E-state index in [1.807, 2.05) is 18.2 Å². The van der Waals surface area contributed by atoms with Gasteiger partial charge in [0.2, 0.25) is 0 Å². The number of hydrogen-bond acceptors (Lipinski definition) is 5. The predicted molar refractivity (Wildman–Crippen MR) is 70.7 cm³/mol. The van der Waals surface area contributed by atoms with Crippen molar-refractivity contribution in [1.29, 1.82) is 5.26 Å². The molecule has 0 bridgehead atoms. The summed E-state index contributed by atoms with van der Waals surface area (Å²) in [7, 11) is 3.21. The summed E-state index contributed by atoms with van der Waals surface area (Å²) in [5.41, 5.74) is 0.343. The van der Waals surface area contributed by atoms with Crippen LogP contribution >= 0.6 is 0 Å². The molecule has 0 spiro atoms. The smallest absolute Gasteiger partial charge is 0.171 e. The van der Waals surface area contributed by atoms with Crippen molar-refractivity contribution in [2.45, 2.75) is 24.0 Å². The Labute approximate surface area is 118 Å². The fourth-order valence-electron chi connectivity index (χ4n) is 2.93. The van der Waals surface area contributed by atoms with Crippen LogP contribution in [0.3, 0.4) is 0 Å². The van der Waals surface area contributed by atoms with E-state index < -0.39 is 11.2 Å². The summed E-state index contributed by atoms with van der Waals surface area (Å²) in [5.74, 6) is 0.788. The zero-order valence-electron chi connectivity index (χ0n) is 11.6. The van der Waals surface area contributed by atoms with Gasteiger partial charge in [-0.05, 0) is 17.7 Å². The van der Waals surface area contributed by atoms with E-state index in [-0.39, 0.29) is 0 Å². The van der Waals surface area contributed by atoms with Gasteiger partial charge in [0.15, 0.2) is 17.3 Å². The van der Waals surface area contributed by atoms with E-state index in [4.69, 9.17) is 18.9 Å². The Morgan fingerprint density at radius 1 is 1.10 bits per heavy atom. The lowest BCUT2D eigenvalue weighted by molar-refractivity contribution is -0.269. The van der Waals surface area contributed by atoms with Gasteiger partial charge in [-0.1, -0.05) is 6.07 Å². The number of nitriles is 1. The standard InChI is InChI=1S/C15H17NO4/c1-17-15(18-2)8-14(9-15,10-16)11-3-4-12-13(7-11)20-6-5-19-12/h3-4,7H,5-6,8-9H2,1-2H3. The van der Waals surface area contributed by atoms with Crippen molar-refractivity contribution in [2.24, 2.45) is 0 Å². The van der Waals surface area contributed by atoms with E-state index in [0.717, 1.165) is 11.3 Å².